The van der Waals surface area contributed by atoms with Crippen LogP contribution in [0.1, 0.15) is 77.0 Å². The van der Waals surface area contributed by atoms with Crippen molar-refractivity contribution in [2.75, 3.05) is 13.2 Å². The molecule has 3 amide bonds. The summed E-state index contributed by atoms with van der Waals surface area (Å²) in [6.07, 6.45) is 13.8. The van der Waals surface area contributed by atoms with Gasteiger partial charge < -0.3 is 5.32 Å². The van der Waals surface area contributed by atoms with Crippen LogP contribution in [0.4, 0.5) is 4.79 Å². The van der Waals surface area contributed by atoms with Crippen molar-refractivity contribution in [1.29, 1.82) is 0 Å². The molecule has 2 aliphatic heterocycles. The summed E-state index contributed by atoms with van der Waals surface area (Å²) in [4.78, 5) is 29.6. The number of hydrogen-bond donors (Lipinski definition) is 1. The average molecular weight is 333 g/mol. The van der Waals surface area contributed by atoms with E-state index in [0.29, 0.717) is 12.7 Å². The van der Waals surface area contributed by atoms with Crippen molar-refractivity contribution in [3.63, 3.8) is 0 Å². The van der Waals surface area contributed by atoms with Gasteiger partial charge in [-0.05, 0) is 44.4 Å². The number of hydrogen-bond acceptors (Lipinski definition) is 3. The lowest BCUT2D eigenvalue weighted by Crippen LogP contribution is -2.53. The summed E-state index contributed by atoms with van der Waals surface area (Å²) in [6.45, 7) is 1.54. The Hall–Kier alpha value is -1.10. The van der Waals surface area contributed by atoms with Crippen LogP contribution in [0, 0.1) is 5.92 Å². The maximum atomic E-state index is 13.1. The van der Waals surface area contributed by atoms with Crippen molar-refractivity contribution >= 4 is 11.9 Å². The quantitative estimate of drug-likeness (QED) is 0.789. The van der Waals surface area contributed by atoms with E-state index in [1.54, 1.807) is 0 Å². The Morgan fingerprint density at radius 3 is 2.42 bits per heavy atom. The highest BCUT2D eigenvalue weighted by molar-refractivity contribution is 6.07. The number of carbonyl (C=O) groups excluding carboxylic acids is 2. The molecule has 0 aromatic carbocycles. The van der Waals surface area contributed by atoms with E-state index in [1.165, 1.54) is 56.3 Å². The van der Waals surface area contributed by atoms with Gasteiger partial charge in [-0.25, -0.2) is 9.69 Å². The molecule has 0 aromatic rings. The molecule has 2 heterocycles. The van der Waals surface area contributed by atoms with Gasteiger partial charge in [-0.15, -0.1) is 0 Å². The van der Waals surface area contributed by atoms with Crippen LogP contribution in [0.2, 0.25) is 0 Å². The number of urea groups is 1. The predicted octanol–water partition coefficient (Wildman–Crippen LogP) is 3.24. The SMILES string of the molecule is O=C1NC2(CCCCCC2)C(=O)N1CN1CCC[C@@H]2CCCC[C@H]21. The highest BCUT2D eigenvalue weighted by atomic mass is 16.2. The fourth-order valence-corrected chi connectivity index (χ4v) is 5.56. The summed E-state index contributed by atoms with van der Waals surface area (Å²) in [7, 11) is 0. The summed E-state index contributed by atoms with van der Waals surface area (Å²) in [5, 5.41) is 3.08. The Kier molecular flexibility index (Phi) is 4.54. The lowest BCUT2D eigenvalue weighted by Gasteiger charge is -2.45. The number of fused-ring (bicyclic) bond motifs is 1. The average Bonchev–Trinajstić information content (AvgIpc) is 2.76. The Morgan fingerprint density at radius 2 is 1.62 bits per heavy atom. The fraction of sp³-hybridized carbons (Fsp3) is 0.895. The van der Waals surface area contributed by atoms with Gasteiger partial charge in [-0.1, -0.05) is 38.5 Å². The molecule has 24 heavy (non-hydrogen) atoms. The van der Waals surface area contributed by atoms with E-state index in [4.69, 9.17) is 0 Å². The molecule has 134 valence electrons. The third kappa shape index (κ3) is 2.85. The number of likely N-dealkylation sites (tertiary alicyclic amines) is 1. The van der Waals surface area contributed by atoms with Crippen molar-refractivity contribution in [2.24, 2.45) is 5.92 Å². The summed E-state index contributed by atoms with van der Waals surface area (Å²) in [5.41, 5.74) is -0.588. The topological polar surface area (TPSA) is 52.7 Å². The van der Waals surface area contributed by atoms with Crippen LogP contribution in [0.15, 0.2) is 0 Å². The Balaban J connectivity index is 1.47. The van der Waals surface area contributed by atoms with Crippen molar-refractivity contribution < 1.29 is 9.59 Å². The number of rotatable bonds is 2. The van der Waals surface area contributed by atoms with Gasteiger partial charge in [0.2, 0.25) is 0 Å². The van der Waals surface area contributed by atoms with Crippen LogP contribution in [-0.2, 0) is 4.79 Å². The second-order valence-electron chi connectivity index (χ2n) is 8.37. The zero-order valence-electron chi connectivity index (χ0n) is 14.8. The van der Waals surface area contributed by atoms with Gasteiger partial charge in [0.05, 0.1) is 6.67 Å². The normalized spacial score (nSPS) is 34.1. The number of nitrogens with zero attached hydrogens (tertiary/aromatic N) is 2. The van der Waals surface area contributed by atoms with Gasteiger partial charge >= 0.3 is 6.03 Å². The van der Waals surface area contributed by atoms with Crippen LogP contribution in [0.3, 0.4) is 0 Å². The van der Waals surface area contributed by atoms with Crippen LogP contribution in [0.5, 0.6) is 0 Å². The minimum absolute atomic E-state index is 0.0485. The first kappa shape index (κ1) is 16.4. The van der Waals surface area contributed by atoms with Crippen LogP contribution in [0.25, 0.3) is 0 Å². The highest BCUT2D eigenvalue weighted by Gasteiger charge is 2.51. The predicted molar refractivity (Wildman–Crippen MR) is 92.4 cm³/mol. The molecule has 4 rings (SSSR count). The van der Waals surface area contributed by atoms with Crippen molar-refractivity contribution in [2.45, 2.75) is 88.6 Å². The molecule has 2 aliphatic carbocycles. The minimum atomic E-state index is -0.588. The lowest BCUT2D eigenvalue weighted by atomic mass is 9.78. The van der Waals surface area contributed by atoms with E-state index >= 15 is 0 Å². The molecule has 2 saturated heterocycles. The van der Waals surface area contributed by atoms with Crippen molar-refractivity contribution in [3.8, 4) is 0 Å². The molecule has 4 aliphatic rings. The molecule has 2 atom stereocenters. The number of nitrogens with one attached hydrogen (secondary N) is 1. The van der Waals surface area contributed by atoms with Gasteiger partial charge in [0.25, 0.3) is 5.91 Å². The molecule has 0 radical (unpaired) electrons. The lowest BCUT2D eigenvalue weighted by molar-refractivity contribution is -0.134. The zero-order valence-corrected chi connectivity index (χ0v) is 14.8. The van der Waals surface area contributed by atoms with E-state index in [1.807, 2.05) is 0 Å². The summed E-state index contributed by atoms with van der Waals surface area (Å²) in [5.74, 6) is 0.826. The van der Waals surface area contributed by atoms with Gasteiger partial charge in [-0.2, -0.15) is 0 Å². The number of piperidine rings is 1. The molecular formula is C19H31N3O2. The van der Waals surface area contributed by atoms with E-state index in [9.17, 15) is 9.59 Å². The third-order valence-electron chi connectivity index (χ3n) is 6.88. The molecule has 0 bridgehead atoms. The Labute approximate surface area is 145 Å². The standard InChI is InChI=1S/C19H31N3O2/c23-17-19(11-5-1-2-6-12-19)20-18(24)22(17)14-21-13-7-9-15-8-3-4-10-16(15)21/h15-16H,1-14H2,(H,20,24)/t15-,16+/m0/s1. The Morgan fingerprint density at radius 1 is 0.917 bits per heavy atom. The monoisotopic (exact) mass is 333 g/mol. The second-order valence-corrected chi connectivity index (χ2v) is 8.37. The molecule has 2 saturated carbocycles. The summed E-state index contributed by atoms with van der Waals surface area (Å²) >= 11 is 0. The third-order valence-corrected chi connectivity index (χ3v) is 6.88. The Bertz CT molecular complexity index is 497. The summed E-state index contributed by atoms with van der Waals surface area (Å²) in [6, 6.07) is 0.429. The van der Waals surface area contributed by atoms with Crippen LogP contribution in [-0.4, -0.2) is 46.5 Å². The van der Waals surface area contributed by atoms with Crippen molar-refractivity contribution in [1.82, 2.24) is 15.1 Å². The molecule has 1 N–H and O–H groups in total. The van der Waals surface area contributed by atoms with Crippen LogP contribution >= 0.6 is 0 Å². The van der Waals surface area contributed by atoms with Gasteiger partial charge in [0.15, 0.2) is 0 Å². The first-order valence-electron chi connectivity index (χ1n) is 10.1. The summed E-state index contributed by atoms with van der Waals surface area (Å²) < 4.78 is 0. The zero-order chi connectivity index (χ0) is 16.6. The van der Waals surface area contributed by atoms with E-state index in [-0.39, 0.29) is 11.9 Å². The van der Waals surface area contributed by atoms with Crippen LogP contribution < -0.4 is 5.32 Å². The van der Waals surface area contributed by atoms with E-state index in [0.717, 1.165) is 38.1 Å². The highest BCUT2D eigenvalue weighted by Crippen LogP contribution is 2.37. The van der Waals surface area contributed by atoms with Gasteiger partial charge in [-0.3, -0.25) is 9.69 Å². The molecule has 4 fully saturated rings. The first-order valence-corrected chi connectivity index (χ1v) is 10.1. The number of amides is 3. The second kappa shape index (κ2) is 6.66. The van der Waals surface area contributed by atoms with E-state index < -0.39 is 5.54 Å². The maximum Gasteiger partial charge on any atom is 0.326 e. The molecule has 0 aromatic heterocycles. The molecular weight excluding hydrogens is 302 g/mol. The molecule has 0 unspecified atom stereocenters. The fourth-order valence-electron chi connectivity index (χ4n) is 5.56. The number of imide groups is 1. The smallest absolute Gasteiger partial charge is 0.323 e. The van der Waals surface area contributed by atoms with E-state index in [2.05, 4.69) is 10.2 Å². The van der Waals surface area contributed by atoms with Gasteiger partial charge in [0.1, 0.15) is 5.54 Å². The van der Waals surface area contributed by atoms with Gasteiger partial charge in [0, 0.05) is 12.6 Å². The molecule has 5 heteroatoms. The molecule has 1 spiro atoms. The van der Waals surface area contributed by atoms with Crippen molar-refractivity contribution in [3.05, 3.63) is 0 Å². The first-order chi connectivity index (χ1) is 11.7. The maximum absolute atomic E-state index is 13.1. The molecule has 5 nitrogen and oxygen atoms in total. The largest absolute Gasteiger partial charge is 0.326 e. The number of carbonyl (C=O) groups is 2. The minimum Gasteiger partial charge on any atom is -0.323 e.